The summed E-state index contributed by atoms with van der Waals surface area (Å²) in [6, 6.07) is 6.06. The van der Waals surface area contributed by atoms with Gasteiger partial charge in [-0.05, 0) is 42.6 Å². The van der Waals surface area contributed by atoms with E-state index in [1.54, 1.807) is 0 Å². The van der Waals surface area contributed by atoms with Gasteiger partial charge in [-0.3, -0.25) is 4.90 Å². The lowest BCUT2D eigenvalue weighted by molar-refractivity contribution is -0.147. The summed E-state index contributed by atoms with van der Waals surface area (Å²) in [6.45, 7) is 3.68. The van der Waals surface area contributed by atoms with Crippen molar-refractivity contribution in [3.63, 3.8) is 0 Å². The predicted octanol–water partition coefficient (Wildman–Crippen LogP) is 3.11. The van der Waals surface area contributed by atoms with Crippen molar-refractivity contribution in [2.75, 3.05) is 19.6 Å². The summed E-state index contributed by atoms with van der Waals surface area (Å²) in [5.74, 6) is 0. The minimum Gasteiger partial charge on any atom is -0.312 e. The molecule has 0 aliphatic carbocycles. The number of alkyl halides is 3. The Kier molecular flexibility index (Phi) is 5.05. The minimum absolute atomic E-state index is 0.362. The fourth-order valence-electron chi connectivity index (χ4n) is 2.67. The second-order valence-electron chi connectivity index (χ2n) is 5.36. The molecule has 0 unspecified atom stereocenters. The van der Waals surface area contributed by atoms with Gasteiger partial charge in [-0.2, -0.15) is 13.2 Å². The smallest absolute Gasteiger partial charge is 0.312 e. The van der Waals surface area contributed by atoms with Crippen molar-refractivity contribution < 1.29 is 13.2 Å². The van der Waals surface area contributed by atoms with Crippen molar-refractivity contribution >= 4 is 0 Å². The molecule has 0 saturated carbocycles. The van der Waals surface area contributed by atoms with E-state index < -0.39 is 12.7 Å². The molecule has 0 saturated heterocycles. The Morgan fingerprint density at radius 2 is 2.05 bits per heavy atom. The van der Waals surface area contributed by atoms with Gasteiger partial charge in [0.25, 0.3) is 0 Å². The van der Waals surface area contributed by atoms with Crippen molar-refractivity contribution in [1.29, 1.82) is 0 Å². The highest BCUT2D eigenvalue weighted by molar-refractivity contribution is 5.33. The molecule has 0 spiro atoms. The first-order valence-electron chi connectivity index (χ1n) is 7.08. The molecule has 1 aromatic carbocycles. The molecule has 1 aliphatic rings. The molecular weight excluding hydrogens is 265 g/mol. The third-order valence-electron chi connectivity index (χ3n) is 3.51. The molecule has 1 aromatic rings. The van der Waals surface area contributed by atoms with Gasteiger partial charge in [-0.1, -0.05) is 25.1 Å². The molecule has 1 N–H and O–H groups in total. The SMILES string of the molecule is CCCN(Cc1ccc2c(c1)CNCC2)CC(F)(F)F. The zero-order chi connectivity index (χ0) is 14.6. The Hall–Kier alpha value is -1.07. The van der Waals surface area contributed by atoms with Crippen LogP contribution in [-0.2, 0) is 19.5 Å². The van der Waals surface area contributed by atoms with E-state index in [1.807, 2.05) is 19.1 Å². The van der Waals surface area contributed by atoms with Crippen molar-refractivity contribution in [2.24, 2.45) is 0 Å². The van der Waals surface area contributed by atoms with Crippen LogP contribution in [0.25, 0.3) is 0 Å². The quantitative estimate of drug-likeness (QED) is 0.894. The maximum Gasteiger partial charge on any atom is 0.401 e. The topological polar surface area (TPSA) is 15.3 Å². The normalized spacial score (nSPS) is 15.4. The molecule has 112 valence electrons. The standard InChI is InChI=1S/C15H21F3N2/c1-2-7-20(11-15(16,17)18)10-12-3-4-13-5-6-19-9-14(13)8-12/h3-4,8,19H,2,5-7,9-11H2,1H3. The van der Waals surface area contributed by atoms with Gasteiger partial charge in [0, 0.05) is 13.1 Å². The van der Waals surface area contributed by atoms with Crippen LogP contribution in [0, 0.1) is 0 Å². The molecule has 1 aliphatic heterocycles. The lowest BCUT2D eigenvalue weighted by Gasteiger charge is -2.24. The van der Waals surface area contributed by atoms with Crippen LogP contribution in [0.3, 0.4) is 0 Å². The summed E-state index contributed by atoms with van der Waals surface area (Å²) >= 11 is 0. The summed E-state index contributed by atoms with van der Waals surface area (Å²) in [4.78, 5) is 1.47. The molecule has 2 nitrogen and oxygen atoms in total. The van der Waals surface area contributed by atoms with E-state index in [2.05, 4.69) is 11.4 Å². The molecule has 0 atom stereocenters. The third-order valence-corrected chi connectivity index (χ3v) is 3.51. The Balaban J connectivity index is 2.06. The summed E-state index contributed by atoms with van der Waals surface area (Å²) in [5, 5.41) is 3.29. The number of fused-ring (bicyclic) bond motifs is 1. The highest BCUT2D eigenvalue weighted by atomic mass is 19.4. The van der Waals surface area contributed by atoms with Crippen molar-refractivity contribution in [1.82, 2.24) is 10.2 Å². The molecular formula is C15H21F3N2. The van der Waals surface area contributed by atoms with Gasteiger partial charge in [0.05, 0.1) is 6.54 Å². The maximum atomic E-state index is 12.6. The van der Waals surface area contributed by atoms with E-state index in [-0.39, 0.29) is 0 Å². The fourth-order valence-corrected chi connectivity index (χ4v) is 2.67. The molecule has 0 radical (unpaired) electrons. The van der Waals surface area contributed by atoms with E-state index >= 15 is 0 Å². The van der Waals surface area contributed by atoms with Gasteiger partial charge in [0.1, 0.15) is 0 Å². The summed E-state index contributed by atoms with van der Waals surface area (Å²) < 4.78 is 37.7. The fraction of sp³-hybridized carbons (Fsp3) is 0.600. The van der Waals surface area contributed by atoms with Crippen LogP contribution in [0.4, 0.5) is 13.2 Å². The molecule has 20 heavy (non-hydrogen) atoms. The van der Waals surface area contributed by atoms with E-state index in [0.29, 0.717) is 13.1 Å². The van der Waals surface area contributed by atoms with Gasteiger partial charge >= 0.3 is 6.18 Å². The summed E-state index contributed by atoms with van der Waals surface area (Å²) in [7, 11) is 0. The van der Waals surface area contributed by atoms with Crippen molar-refractivity contribution in [3.05, 3.63) is 34.9 Å². The minimum atomic E-state index is -4.13. The lowest BCUT2D eigenvalue weighted by Crippen LogP contribution is -2.34. The second-order valence-corrected chi connectivity index (χ2v) is 5.36. The number of hydrogen-bond donors (Lipinski definition) is 1. The Morgan fingerprint density at radius 1 is 1.25 bits per heavy atom. The van der Waals surface area contributed by atoms with E-state index in [9.17, 15) is 13.2 Å². The summed E-state index contributed by atoms with van der Waals surface area (Å²) in [5.41, 5.74) is 3.49. The van der Waals surface area contributed by atoms with Gasteiger partial charge in [0.2, 0.25) is 0 Å². The summed E-state index contributed by atoms with van der Waals surface area (Å²) in [6.07, 6.45) is -2.41. The highest BCUT2D eigenvalue weighted by Gasteiger charge is 2.30. The largest absolute Gasteiger partial charge is 0.401 e. The van der Waals surface area contributed by atoms with Crippen LogP contribution >= 0.6 is 0 Å². The molecule has 1 heterocycles. The van der Waals surface area contributed by atoms with E-state index in [4.69, 9.17) is 0 Å². The molecule has 2 rings (SSSR count). The highest BCUT2D eigenvalue weighted by Crippen LogP contribution is 2.20. The number of hydrogen-bond acceptors (Lipinski definition) is 2. The molecule has 0 fully saturated rings. The first-order valence-corrected chi connectivity index (χ1v) is 7.08. The maximum absolute atomic E-state index is 12.6. The Labute approximate surface area is 118 Å². The van der Waals surface area contributed by atoms with Crippen LogP contribution in [0.2, 0.25) is 0 Å². The number of nitrogens with zero attached hydrogens (tertiary/aromatic N) is 1. The van der Waals surface area contributed by atoms with Crippen molar-refractivity contribution in [2.45, 2.75) is 39.0 Å². The molecule has 0 bridgehead atoms. The Morgan fingerprint density at radius 3 is 2.75 bits per heavy atom. The predicted molar refractivity (Wildman–Crippen MR) is 73.5 cm³/mol. The first-order chi connectivity index (χ1) is 9.48. The molecule has 0 amide bonds. The average molecular weight is 286 g/mol. The second kappa shape index (κ2) is 6.59. The van der Waals surface area contributed by atoms with E-state index in [0.717, 1.165) is 31.5 Å². The molecule has 0 aromatic heterocycles. The number of nitrogens with one attached hydrogen (secondary N) is 1. The average Bonchev–Trinajstić information content (AvgIpc) is 2.37. The van der Waals surface area contributed by atoms with Gasteiger partial charge in [-0.15, -0.1) is 0 Å². The van der Waals surface area contributed by atoms with Crippen LogP contribution in [0.5, 0.6) is 0 Å². The molecule has 5 heteroatoms. The lowest BCUT2D eigenvalue weighted by atomic mass is 9.98. The van der Waals surface area contributed by atoms with Gasteiger partial charge < -0.3 is 5.32 Å². The monoisotopic (exact) mass is 286 g/mol. The van der Waals surface area contributed by atoms with Crippen LogP contribution in [-0.4, -0.2) is 30.7 Å². The zero-order valence-electron chi connectivity index (χ0n) is 11.8. The van der Waals surface area contributed by atoms with Crippen LogP contribution in [0.1, 0.15) is 30.0 Å². The van der Waals surface area contributed by atoms with Gasteiger partial charge in [-0.25, -0.2) is 0 Å². The van der Waals surface area contributed by atoms with Crippen molar-refractivity contribution in [3.8, 4) is 0 Å². The first kappa shape index (κ1) is 15.3. The Bertz CT molecular complexity index is 443. The van der Waals surface area contributed by atoms with Crippen LogP contribution < -0.4 is 5.32 Å². The number of benzene rings is 1. The van der Waals surface area contributed by atoms with Crippen LogP contribution in [0.15, 0.2) is 18.2 Å². The number of rotatable bonds is 5. The van der Waals surface area contributed by atoms with Gasteiger partial charge in [0.15, 0.2) is 0 Å². The third kappa shape index (κ3) is 4.49. The van der Waals surface area contributed by atoms with E-state index in [1.165, 1.54) is 16.0 Å². The zero-order valence-corrected chi connectivity index (χ0v) is 11.8. The number of halogens is 3.